The van der Waals surface area contributed by atoms with Crippen molar-refractivity contribution >= 4 is 46.6 Å². The number of carbonyl (C=O) groups is 1. The molecule has 0 aliphatic rings. The summed E-state index contributed by atoms with van der Waals surface area (Å²) in [4.78, 5) is 26.7. The van der Waals surface area contributed by atoms with E-state index in [0.29, 0.717) is 26.5 Å². The third-order valence-corrected chi connectivity index (χ3v) is 3.82. The molecule has 6 nitrogen and oxygen atoms in total. The van der Waals surface area contributed by atoms with E-state index in [-0.39, 0.29) is 11.7 Å². The minimum Gasteiger partial charge on any atom is -0.325 e. The molecular formula is C12H10Cl2N4O2S. The van der Waals surface area contributed by atoms with Crippen LogP contribution in [0.15, 0.2) is 28.0 Å². The van der Waals surface area contributed by atoms with Gasteiger partial charge in [0.15, 0.2) is 0 Å². The molecule has 2 aromatic rings. The Morgan fingerprint density at radius 1 is 1.33 bits per heavy atom. The topological polar surface area (TPSA) is 87.7 Å². The van der Waals surface area contributed by atoms with E-state index in [1.807, 2.05) is 0 Å². The Labute approximate surface area is 134 Å². The number of H-pyrrole nitrogens is 1. The predicted molar refractivity (Wildman–Crippen MR) is 83.2 cm³/mol. The van der Waals surface area contributed by atoms with Crippen molar-refractivity contribution < 1.29 is 4.79 Å². The zero-order chi connectivity index (χ0) is 15.4. The number of aromatic amines is 1. The first-order chi connectivity index (χ1) is 9.94. The summed E-state index contributed by atoms with van der Waals surface area (Å²) in [6.07, 6.45) is 0. The van der Waals surface area contributed by atoms with Crippen molar-refractivity contribution in [3.8, 4) is 0 Å². The largest absolute Gasteiger partial charge is 0.362 e. The molecule has 21 heavy (non-hydrogen) atoms. The lowest BCUT2D eigenvalue weighted by atomic mass is 10.3. The number of halogens is 2. The molecule has 1 heterocycles. The predicted octanol–water partition coefficient (Wildman–Crippen LogP) is 2.51. The van der Waals surface area contributed by atoms with Crippen LogP contribution in [0.4, 0.5) is 5.69 Å². The molecule has 2 rings (SSSR count). The Morgan fingerprint density at radius 3 is 2.67 bits per heavy atom. The maximum Gasteiger partial charge on any atom is 0.362 e. The number of amides is 1. The number of hydrogen-bond acceptors (Lipinski definition) is 5. The third-order valence-electron chi connectivity index (χ3n) is 2.32. The number of rotatable bonds is 4. The molecule has 1 aromatic carbocycles. The van der Waals surface area contributed by atoms with Gasteiger partial charge in [-0.3, -0.25) is 4.79 Å². The molecule has 1 aromatic heterocycles. The number of anilines is 1. The van der Waals surface area contributed by atoms with Crippen LogP contribution in [0.5, 0.6) is 0 Å². The molecule has 0 unspecified atom stereocenters. The van der Waals surface area contributed by atoms with Crippen molar-refractivity contribution in [1.29, 1.82) is 0 Å². The van der Waals surface area contributed by atoms with Crippen LogP contribution in [0.1, 0.15) is 5.69 Å². The highest BCUT2D eigenvalue weighted by Crippen LogP contribution is 2.23. The SMILES string of the molecule is Cc1n[nH]c(=O)nc1SCC(=O)Nc1cc(Cl)cc(Cl)c1. The van der Waals surface area contributed by atoms with E-state index in [0.717, 1.165) is 11.8 Å². The summed E-state index contributed by atoms with van der Waals surface area (Å²) in [5.41, 5.74) is 0.509. The first-order valence-corrected chi connectivity index (χ1v) is 7.50. The average molecular weight is 345 g/mol. The number of thioether (sulfide) groups is 1. The first kappa shape index (κ1) is 15.8. The summed E-state index contributed by atoms with van der Waals surface area (Å²) in [6, 6.07) is 4.76. The Balaban J connectivity index is 1.99. The van der Waals surface area contributed by atoms with Crippen LogP contribution in [0, 0.1) is 6.92 Å². The molecule has 0 spiro atoms. The number of hydrogen-bond donors (Lipinski definition) is 2. The Hall–Kier alpha value is -1.57. The van der Waals surface area contributed by atoms with Crippen LogP contribution in [-0.4, -0.2) is 26.8 Å². The van der Waals surface area contributed by atoms with Gasteiger partial charge in [0.25, 0.3) is 0 Å². The van der Waals surface area contributed by atoms with Gasteiger partial charge in [-0.15, -0.1) is 0 Å². The molecule has 0 saturated heterocycles. The van der Waals surface area contributed by atoms with E-state index in [1.54, 1.807) is 25.1 Å². The summed E-state index contributed by atoms with van der Waals surface area (Å²) >= 11 is 12.8. The highest BCUT2D eigenvalue weighted by atomic mass is 35.5. The van der Waals surface area contributed by atoms with E-state index < -0.39 is 5.69 Å². The molecule has 2 N–H and O–H groups in total. The summed E-state index contributed by atoms with van der Waals surface area (Å²) in [5, 5.41) is 9.94. The molecule has 0 atom stereocenters. The van der Waals surface area contributed by atoms with E-state index in [1.165, 1.54) is 0 Å². The molecule has 0 radical (unpaired) electrons. The standard InChI is InChI=1S/C12H10Cl2N4O2S/c1-6-11(16-12(20)18-17-6)21-5-10(19)15-9-3-7(13)2-8(14)4-9/h2-4H,5H2,1H3,(H,15,19)(H,16,18,20). The zero-order valence-electron chi connectivity index (χ0n) is 10.8. The average Bonchev–Trinajstić information content (AvgIpc) is 2.38. The van der Waals surface area contributed by atoms with Crippen LogP contribution in [0.3, 0.4) is 0 Å². The summed E-state index contributed by atoms with van der Waals surface area (Å²) < 4.78 is 0. The number of nitrogens with one attached hydrogen (secondary N) is 2. The van der Waals surface area contributed by atoms with Gasteiger partial charge in [-0.25, -0.2) is 9.89 Å². The van der Waals surface area contributed by atoms with Crippen LogP contribution in [0.25, 0.3) is 0 Å². The monoisotopic (exact) mass is 344 g/mol. The van der Waals surface area contributed by atoms with E-state index >= 15 is 0 Å². The van der Waals surface area contributed by atoms with Gasteiger partial charge in [0.2, 0.25) is 5.91 Å². The van der Waals surface area contributed by atoms with Gasteiger partial charge in [0, 0.05) is 15.7 Å². The van der Waals surface area contributed by atoms with Crippen LogP contribution in [0.2, 0.25) is 10.0 Å². The fourth-order valence-corrected chi connectivity index (χ4v) is 2.74. The van der Waals surface area contributed by atoms with Gasteiger partial charge >= 0.3 is 5.69 Å². The van der Waals surface area contributed by atoms with Crippen molar-refractivity contribution in [1.82, 2.24) is 15.2 Å². The minimum absolute atomic E-state index is 0.0864. The molecule has 0 aliphatic heterocycles. The molecular weight excluding hydrogens is 335 g/mol. The minimum atomic E-state index is -0.551. The van der Waals surface area contributed by atoms with Gasteiger partial charge in [0.1, 0.15) is 5.03 Å². The van der Waals surface area contributed by atoms with Gasteiger partial charge in [0.05, 0.1) is 11.4 Å². The summed E-state index contributed by atoms with van der Waals surface area (Å²) in [5.74, 6) is -0.178. The fraction of sp³-hybridized carbons (Fsp3) is 0.167. The molecule has 1 amide bonds. The van der Waals surface area contributed by atoms with Crippen molar-refractivity contribution in [2.45, 2.75) is 11.9 Å². The number of nitrogens with zero attached hydrogens (tertiary/aromatic N) is 2. The van der Waals surface area contributed by atoms with Crippen molar-refractivity contribution in [2.24, 2.45) is 0 Å². The number of aromatic nitrogens is 3. The summed E-state index contributed by atoms with van der Waals surface area (Å²) in [6.45, 7) is 1.69. The highest BCUT2D eigenvalue weighted by molar-refractivity contribution is 8.00. The van der Waals surface area contributed by atoms with E-state index in [2.05, 4.69) is 20.5 Å². The third kappa shape index (κ3) is 4.73. The van der Waals surface area contributed by atoms with E-state index in [4.69, 9.17) is 23.2 Å². The second-order valence-corrected chi connectivity index (χ2v) is 5.86. The lowest BCUT2D eigenvalue weighted by molar-refractivity contribution is -0.113. The molecule has 0 saturated carbocycles. The Morgan fingerprint density at radius 2 is 2.00 bits per heavy atom. The van der Waals surface area contributed by atoms with Crippen LogP contribution in [-0.2, 0) is 4.79 Å². The first-order valence-electron chi connectivity index (χ1n) is 5.76. The molecule has 110 valence electrons. The second-order valence-electron chi connectivity index (χ2n) is 4.03. The molecule has 0 aliphatic carbocycles. The lowest BCUT2D eigenvalue weighted by Gasteiger charge is -2.06. The van der Waals surface area contributed by atoms with Crippen LogP contribution >= 0.6 is 35.0 Å². The van der Waals surface area contributed by atoms with Gasteiger partial charge in [-0.2, -0.15) is 10.1 Å². The van der Waals surface area contributed by atoms with Crippen molar-refractivity contribution in [2.75, 3.05) is 11.1 Å². The molecule has 9 heteroatoms. The van der Waals surface area contributed by atoms with Gasteiger partial charge in [-0.05, 0) is 25.1 Å². The number of aryl methyl sites for hydroxylation is 1. The second kappa shape index (κ2) is 6.93. The lowest BCUT2D eigenvalue weighted by Crippen LogP contribution is -2.17. The maximum absolute atomic E-state index is 11.9. The van der Waals surface area contributed by atoms with Crippen molar-refractivity contribution in [3.63, 3.8) is 0 Å². The molecule has 0 bridgehead atoms. The molecule has 0 fully saturated rings. The van der Waals surface area contributed by atoms with E-state index in [9.17, 15) is 9.59 Å². The Bertz CT molecular complexity index is 715. The smallest absolute Gasteiger partial charge is 0.325 e. The normalized spacial score (nSPS) is 10.4. The summed E-state index contributed by atoms with van der Waals surface area (Å²) in [7, 11) is 0. The fourth-order valence-electron chi connectivity index (χ4n) is 1.47. The quantitative estimate of drug-likeness (QED) is 0.832. The van der Waals surface area contributed by atoms with Crippen molar-refractivity contribution in [3.05, 3.63) is 44.4 Å². The van der Waals surface area contributed by atoms with Crippen LogP contribution < -0.4 is 11.0 Å². The number of benzene rings is 1. The number of carbonyl (C=O) groups excluding carboxylic acids is 1. The van der Waals surface area contributed by atoms with Gasteiger partial charge < -0.3 is 5.32 Å². The Kier molecular flexibility index (Phi) is 5.22. The highest BCUT2D eigenvalue weighted by Gasteiger charge is 2.09. The maximum atomic E-state index is 11.9. The zero-order valence-corrected chi connectivity index (χ0v) is 13.1. The van der Waals surface area contributed by atoms with Gasteiger partial charge in [-0.1, -0.05) is 35.0 Å².